The lowest BCUT2D eigenvalue weighted by molar-refractivity contribution is -0.144. The molecule has 2 aliphatic carbocycles. The summed E-state index contributed by atoms with van der Waals surface area (Å²) in [6.45, 7) is 12.7. The van der Waals surface area contributed by atoms with Gasteiger partial charge < -0.3 is 25.6 Å². The van der Waals surface area contributed by atoms with Gasteiger partial charge in [-0.25, -0.2) is 4.79 Å². The molecule has 0 aromatic carbocycles. The molecule has 0 aromatic heterocycles. The maximum absolute atomic E-state index is 14.2. The van der Waals surface area contributed by atoms with E-state index in [9.17, 15) is 24.0 Å². The van der Waals surface area contributed by atoms with Crippen LogP contribution < -0.4 is 16.0 Å². The van der Waals surface area contributed by atoms with E-state index in [1.54, 1.807) is 32.9 Å². The SMILES string of the molecule is C=CCC#CCC(NC(=O)[C@@H]1[C@@H]2[C@H](CN1C(=O)[C@@H](NC(=O)OC(C)(C)C)C1CCCCC1)C2(Cl)Cl)C(=O)C(=O)NCCC=C. The van der Waals surface area contributed by atoms with Gasteiger partial charge in [0.15, 0.2) is 0 Å². The van der Waals surface area contributed by atoms with Crippen molar-refractivity contribution in [2.45, 2.75) is 100 Å². The smallest absolute Gasteiger partial charge is 0.408 e. The summed E-state index contributed by atoms with van der Waals surface area (Å²) in [6.07, 6.45) is 7.51. The number of amides is 4. The van der Waals surface area contributed by atoms with Crippen LogP contribution in [0.25, 0.3) is 0 Å². The third kappa shape index (κ3) is 9.01. The molecular formula is C32H44Cl2N4O6. The van der Waals surface area contributed by atoms with E-state index < -0.39 is 63.6 Å². The van der Waals surface area contributed by atoms with Gasteiger partial charge in [0.1, 0.15) is 28.1 Å². The predicted octanol–water partition coefficient (Wildman–Crippen LogP) is 3.81. The van der Waals surface area contributed by atoms with Crippen molar-refractivity contribution in [1.82, 2.24) is 20.9 Å². The second-order valence-electron chi connectivity index (χ2n) is 12.6. The molecule has 3 rings (SSSR count). The van der Waals surface area contributed by atoms with Gasteiger partial charge in [0.25, 0.3) is 5.91 Å². The minimum Gasteiger partial charge on any atom is -0.444 e. The number of carbonyl (C=O) groups excluding carboxylic acids is 5. The minimum atomic E-state index is -1.27. The van der Waals surface area contributed by atoms with Crippen LogP contribution in [0, 0.1) is 29.6 Å². The van der Waals surface area contributed by atoms with Gasteiger partial charge in [0, 0.05) is 37.8 Å². The number of alkyl carbamates (subject to hydrolysis) is 1. The number of likely N-dealkylation sites (tertiary alicyclic amines) is 1. The Kier molecular flexibility index (Phi) is 12.3. The number of ketones is 1. The second kappa shape index (κ2) is 15.3. The molecule has 3 aliphatic rings. The highest BCUT2D eigenvalue weighted by Crippen LogP contribution is 2.65. The first-order chi connectivity index (χ1) is 20.7. The first-order valence-corrected chi connectivity index (χ1v) is 16.0. The van der Waals surface area contributed by atoms with E-state index in [1.165, 1.54) is 4.90 Å². The van der Waals surface area contributed by atoms with Crippen molar-refractivity contribution < 1.29 is 28.7 Å². The van der Waals surface area contributed by atoms with Crippen LogP contribution in [0.5, 0.6) is 0 Å². The Morgan fingerprint density at radius 2 is 1.73 bits per heavy atom. The van der Waals surface area contributed by atoms with E-state index in [4.69, 9.17) is 27.9 Å². The molecule has 2 saturated carbocycles. The first-order valence-electron chi connectivity index (χ1n) is 15.2. The zero-order chi connectivity index (χ0) is 32.7. The van der Waals surface area contributed by atoms with E-state index in [0.29, 0.717) is 12.8 Å². The highest BCUT2D eigenvalue weighted by molar-refractivity contribution is 6.51. The molecule has 10 nitrogen and oxygen atoms in total. The lowest BCUT2D eigenvalue weighted by Gasteiger charge is -2.36. The maximum Gasteiger partial charge on any atom is 0.408 e. The maximum atomic E-state index is 14.2. The molecule has 0 radical (unpaired) electrons. The van der Waals surface area contributed by atoms with Gasteiger partial charge >= 0.3 is 6.09 Å². The van der Waals surface area contributed by atoms with Crippen LogP contribution in [0.3, 0.4) is 0 Å². The van der Waals surface area contributed by atoms with Crippen LogP contribution in [0.2, 0.25) is 0 Å². The number of ether oxygens (including phenoxy) is 1. The number of allylic oxidation sites excluding steroid dienone is 1. The topological polar surface area (TPSA) is 134 Å². The van der Waals surface area contributed by atoms with Crippen LogP contribution in [-0.2, 0) is 23.9 Å². The van der Waals surface area contributed by atoms with Gasteiger partial charge in [-0.1, -0.05) is 37.3 Å². The molecular weight excluding hydrogens is 607 g/mol. The third-order valence-electron chi connectivity index (χ3n) is 8.11. The predicted molar refractivity (Wildman–Crippen MR) is 169 cm³/mol. The average Bonchev–Trinajstić information content (AvgIpc) is 3.28. The van der Waals surface area contributed by atoms with Crippen molar-refractivity contribution in [3.05, 3.63) is 25.3 Å². The van der Waals surface area contributed by atoms with E-state index in [-0.39, 0.29) is 31.3 Å². The van der Waals surface area contributed by atoms with Crippen molar-refractivity contribution in [3.63, 3.8) is 0 Å². The Morgan fingerprint density at radius 1 is 1.05 bits per heavy atom. The highest BCUT2D eigenvalue weighted by atomic mass is 35.5. The highest BCUT2D eigenvalue weighted by Gasteiger charge is 2.74. The number of Topliss-reactive ketones (excluding diaryl/α,β-unsaturated/α-hetero) is 1. The van der Waals surface area contributed by atoms with Crippen molar-refractivity contribution >= 4 is 52.8 Å². The number of fused-ring (bicyclic) bond motifs is 1. The minimum absolute atomic E-state index is 0.105. The summed E-state index contributed by atoms with van der Waals surface area (Å²) >= 11 is 13.1. The lowest BCUT2D eigenvalue weighted by Crippen LogP contribution is -2.60. The standard InChI is InChI=1S/C32H44Cl2N4O6/c1-6-8-10-14-17-22(26(39)28(41)35-18-9-7-2)36-27(40)25-23-21(32(23,33)34)19-38(25)29(42)24(20-15-12-11-13-16-20)37-30(43)44-31(3,4)5/h6-7,20-25H,1-2,8-9,11-13,15-19H2,3-5H3,(H,35,41)(H,36,40)(H,37,43)/t21-,22?,23-,24-,25-/m0/s1. The zero-order valence-electron chi connectivity index (χ0n) is 25.8. The number of hydrogen-bond acceptors (Lipinski definition) is 6. The summed E-state index contributed by atoms with van der Waals surface area (Å²) in [4.78, 5) is 68.0. The number of hydrogen-bond donors (Lipinski definition) is 3. The van der Waals surface area contributed by atoms with E-state index in [2.05, 4.69) is 40.9 Å². The molecule has 3 fully saturated rings. The fourth-order valence-electron chi connectivity index (χ4n) is 5.91. The van der Waals surface area contributed by atoms with Crippen molar-refractivity contribution in [1.29, 1.82) is 0 Å². The van der Waals surface area contributed by atoms with Gasteiger partial charge in [-0.15, -0.1) is 42.3 Å². The molecule has 12 heteroatoms. The number of rotatable bonds is 12. The normalized spacial score (nSPS) is 23.5. The summed E-state index contributed by atoms with van der Waals surface area (Å²) in [6, 6.07) is -3.31. The second-order valence-corrected chi connectivity index (χ2v) is 14.0. The molecule has 44 heavy (non-hydrogen) atoms. The number of carbonyl (C=O) groups is 5. The van der Waals surface area contributed by atoms with Gasteiger partial charge in [-0.3, -0.25) is 19.2 Å². The molecule has 1 saturated heterocycles. The molecule has 0 bridgehead atoms. The van der Waals surface area contributed by atoms with Gasteiger partial charge in [0.2, 0.25) is 17.6 Å². The van der Waals surface area contributed by atoms with Crippen LogP contribution in [-0.4, -0.2) is 75.6 Å². The Balaban J connectivity index is 1.86. The van der Waals surface area contributed by atoms with E-state index in [0.717, 1.165) is 32.1 Å². The van der Waals surface area contributed by atoms with Gasteiger partial charge in [-0.05, 0) is 46.0 Å². The number of nitrogens with one attached hydrogen (secondary N) is 3. The molecule has 242 valence electrons. The largest absolute Gasteiger partial charge is 0.444 e. The van der Waals surface area contributed by atoms with E-state index in [1.807, 2.05) is 0 Å². The fraction of sp³-hybridized carbons (Fsp3) is 0.656. The Labute approximate surface area is 270 Å². The van der Waals surface area contributed by atoms with Crippen LogP contribution in [0.4, 0.5) is 4.79 Å². The van der Waals surface area contributed by atoms with Crippen molar-refractivity contribution in [3.8, 4) is 11.8 Å². The molecule has 0 spiro atoms. The van der Waals surface area contributed by atoms with Crippen LogP contribution in [0.1, 0.15) is 72.1 Å². The lowest BCUT2D eigenvalue weighted by atomic mass is 9.83. The van der Waals surface area contributed by atoms with Crippen LogP contribution >= 0.6 is 23.2 Å². The molecule has 1 heterocycles. The number of halogens is 2. The summed E-state index contributed by atoms with van der Waals surface area (Å²) in [5, 5.41) is 7.95. The Bertz CT molecular complexity index is 1200. The third-order valence-corrected chi connectivity index (χ3v) is 9.18. The van der Waals surface area contributed by atoms with Gasteiger partial charge in [-0.2, -0.15) is 0 Å². The van der Waals surface area contributed by atoms with E-state index >= 15 is 0 Å². The number of piperidine rings is 1. The molecule has 4 amide bonds. The first kappa shape index (κ1) is 35.4. The molecule has 3 N–H and O–H groups in total. The number of alkyl halides is 2. The Morgan fingerprint density at radius 3 is 2.34 bits per heavy atom. The zero-order valence-corrected chi connectivity index (χ0v) is 27.3. The number of nitrogens with zero attached hydrogens (tertiary/aromatic N) is 1. The van der Waals surface area contributed by atoms with Crippen molar-refractivity contribution in [2.75, 3.05) is 13.1 Å². The quantitative estimate of drug-likeness (QED) is 0.0967. The summed E-state index contributed by atoms with van der Waals surface area (Å²) in [5.41, 5.74) is -0.771. The van der Waals surface area contributed by atoms with Crippen molar-refractivity contribution in [2.24, 2.45) is 17.8 Å². The molecule has 5 atom stereocenters. The molecule has 1 aliphatic heterocycles. The average molecular weight is 652 g/mol. The summed E-state index contributed by atoms with van der Waals surface area (Å²) < 4.78 is 4.23. The molecule has 1 unspecified atom stereocenters. The summed E-state index contributed by atoms with van der Waals surface area (Å²) in [5.74, 6) is 1.69. The van der Waals surface area contributed by atoms with Crippen LogP contribution in [0.15, 0.2) is 25.3 Å². The fourth-order valence-corrected chi connectivity index (χ4v) is 6.74. The molecule has 0 aromatic rings. The summed E-state index contributed by atoms with van der Waals surface area (Å²) in [7, 11) is 0. The van der Waals surface area contributed by atoms with Gasteiger partial charge in [0.05, 0.1) is 0 Å². The monoisotopic (exact) mass is 650 g/mol. The Hall–Kier alpha value is -3.03.